The van der Waals surface area contributed by atoms with Gasteiger partial charge in [0.05, 0.1) is 16.5 Å². The monoisotopic (exact) mass is 486 g/mol. The molecule has 1 amide bonds. The molecule has 0 aliphatic rings. The number of halogens is 2. The molecule has 0 bridgehead atoms. The van der Waals surface area contributed by atoms with Crippen molar-refractivity contribution in [2.75, 3.05) is 19.7 Å². The second-order valence-electron chi connectivity index (χ2n) is 6.64. The highest BCUT2D eigenvalue weighted by atomic mass is 35.5. The predicted molar refractivity (Wildman–Crippen MR) is 120 cm³/mol. The van der Waals surface area contributed by atoms with Gasteiger partial charge in [0.25, 0.3) is 5.91 Å². The average molecular weight is 487 g/mol. The van der Waals surface area contributed by atoms with Gasteiger partial charge in [-0.3, -0.25) is 4.79 Å². The molecule has 0 aliphatic carbocycles. The lowest BCUT2D eigenvalue weighted by Gasteiger charge is -2.18. The van der Waals surface area contributed by atoms with E-state index >= 15 is 0 Å². The van der Waals surface area contributed by atoms with Gasteiger partial charge in [0.15, 0.2) is 6.61 Å². The summed E-state index contributed by atoms with van der Waals surface area (Å²) < 4.78 is 31.3. The van der Waals surface area contributed by atoms with Crippen LogP contribution in [0.3, 0.4) is 0 Å². The first kappa shape index (κ1) is 25.1. The molecule has 31 heavy (non-hydrogen) atoms. The minimum absolute atomic E-state index is 0.0826. The van der Waals surface area contributed by atoms with Crippen LogP contribution < -0.4 is 5.32 Å². The van der Waals surface area contributed by atoms with Gasteiger partial charge in [-0.1, -0.05) is 43.1 Å². The first-order chi connectivity index (χ1) is 14.6. The number of carbonyl (C=O) groups excluding carboxylic acids is 2. The lowest BCUT2D eigenvalue weighted by molar-refractivity contribution is -0.124. The third-order valence-electron chi connectivity index (χ3n) is 4.57. The first-order valence-corrected chi connectivity index (χ1v) is 11.8. The van der Waals surface area contributed by atoms with Crippen LogP contribution in [0.1, 0.15) is 42.7 Å². The smallest absolute Gasteiger partial charge is 0.338 e. The van der Waals surface area contributed by atoms with Crippen LogP contribution in [0.4, 0.5) is 0 Å². The molecule has 0 radical (unpaired) electrons. The Morgan fingerprint density at radius 3 is 2.23 bits per heavy atom. The van der Waals surface area contributed by atoms with Gasteiger partial charge in [-0.15, -0.1) is 0 Å². The fraction of sp³-hybridized carbons (Fsp3) is 0.333. The number of nitrogens with zero attached hydrogens (tertiary/aromatic N) is 1. The van der Waals surface area contributed by atoms with Crippen LogP contribution in [0.15, 0.2) is 47.4 Å². The molecule has 0 heterocycles. The Labute approximate surface area is 192 Å². The number of hydrogen-bond acceptors (Lipinski definition) is 5. The van der Waals surface area contributed by atoms with Crippen molar-refractivity contribution in [2.45, 2.75) is 31.7 Å². The number of carbonyl (C=O) groups is 2. The summed E-state index contributed by atoms with van der Waals surface area (Å²) in [6, 6.07) is 9.92. The molecule has 2 rings (SSSR count). The maximum absolute atomic E-state index is 12.5. The summed E-state index contributed by atoms with van der Waals surface area (Å²) in [7, 11) is -3.62. The Kier molecular flexibility index (Phi) is 8.88. The van der Waals surface area contributed by atoms with Gasteiger partial charge < -0.3 is 10.1 Å². The van der Waals surface area contributed by atoms with E-state index in [2.05, 4.69) is 5.32 Å². The zero-order valence-electron chi connectivity index (χ0n) is 17.4. The molecule has 2 aromatic rings. The molecular weight excluding hydrogens is 463 g/mol. The van der Waals surface area contributed by atoms with Crippen LogP contribution >= 0.6 is 23.2 Å². The van der Waals surface area contributed by atoms with Crippen molar-refractivity contribution in [1.82, 2.24) is 9.62 Å². The summed E-state index contributed by atoms with van der Waals surface area (Å²) in [6.07, 6.45) is 0. The SMILES string of the molecule is CCN(CC)S(=O)(=O)c1ccc(C(=O)OCC(=O)N[C@@H](C)c2ccc(Cl)cc2Cl)cc1. The molecule has 10 heteroatoms. The van der Waals surface area contributed by atoms with E-state index in [1.165, 1.54) is 28.6 Å². The molecule has 0 spiro atoms. The lowest BCUT2D eigenvalue weighted by atomic mass is 10.1. The molecule has 2 aromatic carbocycles. The molecule has 0 aliphatic heterocycles. The number of rotatable bonds is 9. The van der Waals surface area contributed by atoms with E-state index in [0.717, 1.165) is 0 Å². The molecule has 0 saturated heterocycles. The maximum atomic E-state index is 12.5. The zero-order chi connectivity index (χ0) is 23.2. The summed E-state index contributed by atoms with van der Waals surface area (Å²) in [5.74, 6) is -1.24. The minimum atomic E-state index is -3.62. The molecule has 0 fully saturated rings. The number of hydrogen-bond donors (Lipinski definition) is 1. The molecule has 0 aromatic heterocycles. The van der Waals surface area contributed by atoms with E-state index in [9.17, 15) is 18.0 Å². The molecular formula is C21H24Cl2N2O5S. The van der Waals surface area contributed by atoms with Gasteiger partial charge in [0, 0.05) is 23.1 Å². The van der Waals surface area contributed by atoms with Gasteiger partial charge >= 0.3 is 5.97 Å². The highest BCUT2D eigenvalue weighted by molar-refractivity contribution is 7.89. The highest BCUT2D eigenvalue weighted by Crippen LogP contribution is 2.26. The van der Waals surface area contributed by atoms with Crippen LogP contribution in [-0.2, 0) is 19.6 Å². The van der Waals surface area contributed by atoms with Crippen molar-refractivity contribution < 1.29 is 22.7 Å². The van der Waals surface area contributed by atoms with Crippen molar-refractivity contribution in [3.63, 3.8) is 0 Å². The topological polar surface area (TPSA) is 92.8 Å². The van der Waals surface area contributed by atoms with E-state index < -0.39 is 34.5 Å². The number of esters is 1. The Morgan fingerprint density at radius 1 is 1.06 bits per heavy atom. The molecule has 168 valence electrons. The largest absolute Gasteiger partial charge is 0.452 e. The summed E-state index contributed by atoms with van der Waals surface area (Å²) in [6.45, 7) is 5.44. The highest BCUT2D eigenvalue weighted by Gasteiger charge is 2.22. The number of nitrogens with one attached hydrogen (secondary N) is 1. The maximum Gasteiger partial charge on any atom is 0.338 e. The fourth-order valence-electron chi connectivity index (χ4n) is 2.90. The summed E-state index contributed by atoms with van der Waals surface area (Å²) in [5, 5.41) is 3.59. The van der Waals surface area contributed by atoms with Gasteiger partial charge in [-0.05, 0) is 48.9 Å². The summed E-state index contributed by atoms with van der Waals surface area (Å²) in [5.41, 5.74) is 0.816. The Hall–Kier alpha value is -2.13. The van der Waals surface area contributed by atoms with E-state index in [0.29, 0.717) is 28.7 Å². The summed E-state index contributed by atoms with van der Waals surface area (Å²) >= 11 is 12.0. The minimum Gasteiger partial charge on any atom is -0.452 e. The number of amides is 1. The standard InChI is InChI=1S/C21H24Cl2N2O5S/c1-4-25(5-2)31(28,29)17-9-6-15(7-10-17)21(27)30-13-20(26)24-14(3)18-11-8-16(22)12-19(18)23/h6-12,14H,4-5,13H2,1-3H3,(H,24,26)/t14-/m0/s1. The second kappa shape index (κ2) is 10.9. The van der Waals surface area contributed by atoms with Gasteiger partial charge in [0.2, 0.25) is 10.0 Å². The van der Waals surface area contributed by atoms with Crippen LogP contribution in [0, 0.1) is 0 Å². The number of benzene rings is 2. The molecule has 1 N–H and O–H groups in total. The average Bonchev–Trinajstić information content (AvgIpc) is 2.72. The predicted octanol–water partition coefficient (Wildman–Crippen LogP) is 4.06. The second-order valence-corrected chi connectivity index (χ2v) is 9.43. The summed E-state index contributed by atoms with van der Waals surface area (Å²) in [4.78, 5) is 24.4. The van der Waals surface area contributed by atoms with Crippen molar-refractivity contribution >= 4 is 45.1 Å². The van der Waals surface area contributed by atoms with Crippen LogP contribution in [0.2, 0.25) is 10.0 Å². The molecule has 1 atom stereocenters. The van der Waals surface area contributed by atoms with E-state index in [4.69, 9.17) is 27.9 Å². The van der Waals surface area contributed by atoms with Crippen LogP contribution in [0.5, 0.6) is 0 Å². The van der Waals surface area contributed by atoms with Gasteiger partial charge in [-0.2, -0.15) is 4.31 Å². The third-order valence-corrected chi connectivity index (χ3v) is 7.20. The third kappa shape index (κ3) is 6.43. The van der Waals surface area contributed by atoms with Crippen molar-refractivity contribution in [1.29, 1.82) is 0 Å². The molecule has 0 unspecified atom stereocenters. The van der Waals surface area contributed by atoms with Crippen molar-refractivity contribution in [3.05, 3.63) is 63.6 Å². The van der Waals surface area contributed by atoms with E-state index in [-0.39, 0.29) is 10.5 Å². The zero-order valence-corrected chi connectivity index (χ0v) is 19.7. The molecule has 7 nitrogen and oxygen atoms in total. The Bertz CT molecular complexity index is 1040. The number of ether oxygens (including phenoxy) is 1. The number of sulfonamides is 1. The van der Waals surface area contributed by atoms with Gasteiger partial charge in [0.1, 0.15) is 0 Å². The fourth-order valence-corrected chi connectivity index (χ4v) is 4.93. The lowest BCUT2D eigenvalue weighted by Crippen LogP contribution is -2.31. The van der Waals surface area contributed by atoms with E-state index in [1.54, 1.807) is 39.0 Å². The van der Waals surface area contributed by atoms with Crippen LogP contribution in [0.25, 0.3) is 0 Å². The van der Waals surface area contributed by atoms with E-state index in [1.807, 2.05) is 0 Å². The van der Waals surface area contributed by atoms with Crippen molar-refractivity contribution in [2.24, 2.45) is 0 Å². The van der Waals surface area contributed by atoms with Crippen LogP contribution in [-0.4, -0.2) is 44.3 Å². The van der Waals surface area contributed by atoms with Crippen molar-refractivity contribution in [3.8, 4) is 0 Å². The molecule has 0 saturated carbocycles. The quantitative estimate of drug-likeness (QED) is 0.539. The Balaban J connectivity index is 1.95. The first-order valence-electron chi connectivity index (χ1n) is 9.61. The normalized spacial score (nSPS) is 12.5. The Morgan fingerprint density at radius 2 is 1.68 bits per heavy atom. The van der Waals surface area contributed by atoms with Gasteiger partial charge in [-0.25, -0.2) is 13.2 Å².